The molecule has 0 aromatic rings. The molecule has 0 aliphatic carbocycles. The molecular weight excluding hydrogens is 434 g/mol. The Hall–Kier alpha value is 0.0600. The Labute approximate surface area is 191 Å². The molecule has 5 aliphatic rings. The smallest absolute Gasteiger partial charge is 0.168 e. The van der Waals surface area contributed by atoms with E-state index in [-0.39, 0.29) is 11.4 Å². The maximum absolute atomic E-state index is 13.4. The first-order valence-electron chi connectivity index (χ1n) is 12.2. The fraction of sp³-hybridized carbons (Fsp3) is 1.00. The van der Waals surface area contributed by atoms with E-state index in [1.165, 1.54) is 12.8 Å². The monoisotopic (exact) mass is 473 g/mol. The fourth-order valence-electron chi connectivity index (χ4n) is 6.68. The number of nitrogens with one attached hydrogen (secondary N) is 2. The lowest BCUT2D eigenvalue weighted by molar-refractivity contribution is -0.163. The molecule has 2 N–H and O–H groups in total. The van der Waals surface area contributed by atoms with Crippen LogP contribution in [0.5, 0.6) is 0 Å². The predicted molar refractivity (Wildman–Crippen MR) is 125 cm³/mol. The summed E-state index contributed by atoms with van der Waals surface area (Å²) < 4.78 is 32.6. The molecule has 178 valence electrons. The Bertz CT molecular complexity index is 688. The number of thioether (sulfide) groups is 1. The van der Waals surface area contributed by atoms with Gasteiger partial charge in [-0.25, -0.2) is 8.42 Å². The molecule has 5 saturated heterocycles. The molecule has 0 saturated carbocycles. The third kappa shape index (κ3) is 4.20. The second-order valence-corrected chi connectivity index (χ2v) is 13.2. The number of ether oxygens (including phenoxy) is 1. The van der Waals surface area contributed by atoms with Gasteiger partial charge >= 0.3 is 0 Å². The number of morpholine rings is 1. The van der Waals surface area contributed by atoms with Crippen molar-refractivity contribution < 1.29 is 13.2 Å². The van der Waals surface area contributed by atoms with E-state index in [9.17, 15) is 8.42 Å². The standard InChI is InChI=1S/C21H39N5O3S2/c27-31(28)15-6-23-17-20(31)26-9-3-4-18(24-7-1-2-8-24)21(26,19-16-22-5-14-30-19)25-10-12-29-13-11-25/h18-20,22-23H,1-17H2. The van der Waals surface area contributed by atoms with Crippen molar-refractivity contribution in [3.05, 3.63) is 0 Å². The first-order chi connectivity index (χ1) is 15.1. The van der Waals surface area contributed by atoms with E-state index in [0.29, 0.717) is 24.4 Å². The summed E-state index contributed by atoms with van der Waals surface area (Å²) in [5.41, 5.74) is -0.277. The summed E-state index contributed by atoms with van der Waals surface area (Å²) >= 11 is 2.06. The Morgan fingerprint density at radius 2 is 1.71 bits per heavy atom. The van der Waals surface area contributed by atoms with Crippen LogP contribution < -0.4 is 10.6 Å². The molecule has 5 rings (SSSR count). The lowest BCUT2D eigenvalue weighted by atomic mass is 9.82. The molecule has 31 heavy (non-hydrogen) atoms. The van der Waals surface area contributed by atoms with Gasteiger partial charge in [0.1, 0.15) is 11.0 Å². The first kappa shape index (κ1) is 22.8. The maximum atomic E-state index is 13.4. The summed E-state index contributed by atoms with van der Waals surface area (Å²) in [6.07, 6.45) is 4.75. The van der Waals surface area contributed by atoms with E-state index in [1.54, 1.807) is 0 Å². The summed E-state index contributed by atoms with van der Waals surface area (Å²) in [6.45, 7) is 9.52. The largest absolute Gasteiger partial charge is 0.379 e. The van der Waals surface area contributed by atoms with Crippen molar-refractivity contribution in [3.8, 4) is 0 Å². The molecule has 5 heterocycles. The first-order valence-corrected chi connectivity index (χ1v) is 15.0. The van der Waals surface area contributed by atoms with Crippen LogP contribution in [0, 0.1) is 0 Å². The molecule has 5 fully saturated rings. The molecule has 10 heteroatoms. The minimum absolute atomic E-state index is 0.248. The molecule has 0 aromatic carbocycles. The van der Waals surface area contributed by atoms with E-state index in [1.807, 2.05) is 0 Å². The van der Waals surface area contributed by atoms with Crippen LogP contribution in [0.1, 0.15) is 25.7 Å². The molecule has 0 spiro atoms. The number of piperidine rings is 1. The van der Waals surface area contributed by atoms with Gasteiger partial charge in [0.15, 0.2) is 9.84 Å². The van der Waals surface area contributed by atoms with Gasteiger partial charge in [-0.15, -0.1) is 0 Å². The number of hydrogen-bond acceptors (Lipinski definition) is 9. The third-order valence-corrected chi connectivity index (χ3v) is 11.4. The lowest BCUT2D eigenvalue weighted by Crippen LogP contribution is -2.81. The van der Waals surface area contributed by atoms with Gasteiger partial charge in [0.05, 0.1) is 24.2 Å². The van der Waals surface area contributed by atoms with E-state index in [2.05, 4.69) is 37.1 Å². The highest BCUT2D eigenvalue weighted by molar-refractivity contribution is 8.00. The fourth-order valence-corrected chi connectivity index (χ4v) is 9.88. The van der Waals surface area contributed by atoms with Crippen molar-refractivity contribution in [1.29, 1.82) is 0 Å². The van der Waals surface area contributed by atoms with E-state index < -0.39 is 15.2 Å². The SMILES string of the molecule is O=S1(=O)CCNCC1N1CCCC(N2CCCC2)C1(C1CNCCS1)N1CCOCC1. The molecule has 0 bridgehead atoms. The number of sulfone groups is 1. The Morgan fingerprint density at radius 1 is 0.935 bits per heavy atom. The average molecular weight is 474 g/mol. The molecule has 8 nitrogen and oxygen atoms in total. The van der Waals surface area contributed by atoms with Crippen molar-refractivity contribution in [2.45, 2.75) is 48.0 Å². The van der Waals surface area contributed by atoms with Crippen molar-refractivity contribution in [2.24, 2.45) is 0 Å². The predicted octanol–water partition coefficient (Wildman–Crippen LogP) is -0.376. The van der Waals surface area contributed by atoms with Gasteiger partial charge in [-0.1, -0.05) is 0 Å². The summed E-state index contributed by atoms with van der Waals surface area (Å²) in [4.78, 5) is 7.82. The van der Waals surface area contributed by atoms with Crippen molar-refractivity contribution in [1.82, 2.24) is 25.3 Å². The van der Waals surface area contributed by atoms with E-state index in [4.69, 9.17) is 4.74 Å². The number of nitrogens with zero attached hydrogens (tertiary/aromatic N) is 3. The second kappa shape index (κ2) is 9.74. The highest BCUT2D eigenvalue weighted by atomic mass is 32.2. The minimum atomic E-state index is -3.16. The highest BCUT2D eigenvalue weighted by Gasteiger charge is 2.60. The van der Waals surface area contributed by atoms with Gasteiger partial charge in [0.2, 0.25) is 0 Å². The summed E-state index contributed by atoms with van der Waals surface area (Å²) in [6, 6.07) is 0.372. The van der Waals surface area contributed by atoms with E-state index >= 15 is 0 Å². The third-order valence-electron chi connectivity index (χ3n) is 7.97. The summed E-state index contributed by atoms with van der Waals surface area (Å²) in [5.74, 6) is 1.34. The van der Waals surface area contributed by atoms with Crippen molar-refractivity contribution >= 4 is 21.6 Å². The molecule has 0 aromatic heterocycles. The molecule has 0 radical (unpaired) electrons. The van der Waals surface area contributed by atoms with Gasteiger partial charge in [0.25, 0.3) is 0 Å². The van der Waals surface area contributed by atoms with E-state index in [0.717, 1.165) is 77.6 Å². The van der Waals surface area contributed by atoms with Crippen LogP contribution >= 0.6 is 11.8 Å². The van der Waals surface area contributed by atoms with Crippen molar-refractivity contribution in [2.75, 3.05) is 83.6 Å². The number of likely N-dealkylation sites (tertiary alicyclic amines) is 2. The Kier molecular flexibility index (Phi) is 7.17. The highest BCUT2D eigenvalue weighted by Crippen LogP contribution is 2.46. The molecule has 0 amide bonds. The van der Waals surface area contributed by atoms with Gasteiger partial charge < -0.3 is 15.4 Å². The van der Waals surface area contributed by atoms with Crippen LogP contribution in [-0.4, -0.2) is 129 Å². The van der Waals surface area contributed by atoms with Gasteiger partial charge in [-0.2, -0.15) is 11.8 Å². The Morgan fingerprint density at radius 3 is 2.42 bits per heavy atom. The number of hydrogen-bond donors (Lipinski definition) is 2. The quantitative estimate of drug-likeness (QED) is 0.568. The van der Waals surface area contributed by atoms with Gasteiger partial charge in [-0.05, 0) is 38.8 Å². The second-order valence-electron chi connectivity index (χ2n) is 9.57. The molecule has 4 atom stereocenters. The molecular formula is C21H39N5O3S2. The van der Waals surface area contributed by atoms with Crippen LogP contribution in [0.25, 0.3) is 0 Å². The molecule has 4 unspecified atom stereocenters. The van der Waals surface area contributed by atoms with Crippen LogP contribution in [0.4, 0.5) is 0 Å². The Balaban J connectivity index is 1.62. The normalized spacial score (nSPS) is 41.4. The van der Waals surface area contributed by atoms with Crippen LogP contribution in [0.2, 0.25) is 0 Å². The topological polar surface area (TPSA) is 77.2 Å². The lowest BCUT2D eigenvalue weighted by Gasteiger charge is -2.64. The zero-order valence-corrected chi connectivity index (χ0v) is 20.3. The van der Waals surface area contributed by atoms with Gasteiger partial charge in [0, 0.05) is 57.6 Å². The summed E-state index contributed by atoms with van der Waals surface area (Å²) in [5, 5.41) is 6.99. The van der Waals surface area contributed by atoms with Crippen LogP contribution in [0.15, 0.2) is 0 Å². The number of rotatable bonds is 4. The van der Waals surface area contributed by atoms with Crippen LogP contribution in [0.3, 0.4) is 0 Å². The minimum Gasteiger partial charge on any atom is -0.379 e. The van der Waals surface area contributed by atoms with Crippen molar-refractivity contribution in [3.63, 3.8) is 0 Å². The van der Waals surface area contributed by atoms with Crippen LogP contribution in [-0.2, 0) is 14.6 Å². The van der Waals surface area contributed by atoms with Gasteiger partial charge in [-0.3, -0.25) is 14.7 Å². The molecule has 5 aliphatic heterocycles. The zero-order chi connectivity index (χ0) is 21.3. The average Bonchev–Trinajstić information content (AvgIpc) is 3.34. The zero-order valence-electron chi connectivity index (χ0n) is 18.6. The maximum Gasteiger partial charge on any atom is 0.168 e. The summed E-state index contributed by atoms with van der Waals surface area (Å²) in [7, 11) is -3.16.